The molecule has 34 heavy (non-hydrogen) atoms. The second-order valence-electron chi connectivity index (χ2n) is 9.23. The van der Waals surface area contributed by atoms with E-state index < -0.39 is 21.7 Å². The number of hydrogen-bond donors (Lipinski definition) is 4. The SMILES string of the molecule is CC(C)(C)OC(=O)NCCNC(=O)C1CCCN(CCC(=O)Nc2ccc(S(N)(=O)=O)cc2)C1. The third-order valence-corrected chi connectivity index (χ3v) is 6.02. The van der Waals surface area contributed by atoms with Crippen molar-refractivity contribution in [2.75, 3.05) is 38.0 Å². The Bertz CT molecular complexity index is 959. The predicted molar refractivity (Wildman–Crippen MR) is 127 cm³/mol. The van der Waals surface area contributed by atoms with Gasteiger partial charge in [0.1, 0.15) is 5.60 Å². The first kappa shape index (κ1) is 27.5. The number of alkyl carbamates (subject to hydrolysis) is 1. The summed E-state index contributed by atoms with van der Waals surface area (Å²) >= 11 is 0. The largest absolute Gasteiger partial charge is 0.444 e. The minimum Gasteiger partial charge on any atom is -0.444 e. The highest BCUT2D eigenvalue weighted by Gasteiger charge is 2.26. The topological polar surface area (TPSA) is 160 Å². The predicted octanol–water partition coefficient (Wildman–Crippen LogP) is 1.02. The van der Waals surface area contributed by atoms with Crippen molar-refractivity contribution in [3.05, 3.63) is 24.3 Å². The molecule has 1 atom stereocenters. The molecule has 11 nitrogen and oxygen atoms in total. The molecule has 5 N–H and O–H groups in total. The monoisotopic (exact) mass is 497 g/mol. The van der Waals surface area contributed by atoms with Gasteiger partial charge in [-0.15, -0.1) is 0 Å². The van der Waals surface area contributed by atoms with Crippen molar-refractivity contribution in [3.8, 4) is 0 Å². The number of nitrogens with zero attached hydrogens (tertiary/aromatic N) is 1. The van der Waals surface area contributed by atoms with Crippen LogP contribution < -0.4 is 21.1 Å². The number of likely N-dealkylation sites (tertiary alicyclic amines) is 1. The molecule has 0 bridgehead atoms. The summed E-state index contributed by atoms with van der Waals surface area (Å²) in [6.07, 6.45) is 1.34. The average Bonchev–Trinajstić information content (AvgIpc) is 2.74. The molecular weight excluding hydrogens is 462 g/mol. The summed E-state index contributed by atoms with van der Waals surface area (Å²) in [4.78, 5) is 38.4. The third kappa shape index (κ3) is 10.1. The van der Waals surface area contributed by atoms with Crippen LogP contribution in [0.3, 0.4) is 0 Å². The van der Waals surface area contributed by atoms with E-state index in [0.717, 1.165) is 19.4 Å². The number of anilines is 1. The van der Waals surface area contributed by atoms with Gasteiger partial charge in [0.25, 0.3) is 0 Å². The number of hydrogen-bond acceptors (Lipinski definition) is 7. The summed E-state index contributed by atoms with van der Waals surface area (Å²) in [6, 6.07) is 5.64. The fraction of sp³-hybridized carbons (Fsp3) is 0.591. The third-order valence-electron chi connectivity index (χ3n) is 5.09. The molecule has 1 aliphatic rings. The second kappa shape index (κ2) is 12.1. The Labute approximate surface area is 200 Å². The lowest BCUT2D eigenvalue weighted by Crippen LogP contribution is -2.45. The van der Waals surface area contributed by atoms with Crippen LogP contribution in [0.4, 0.5) is 10.5 Å². The summed E-state index contributed by atoms with van der Waals surface area (Å²) in [5, 5.41) is 13.2. The number of primary sulfonamides is 1. The van der Waals surface area contributed by atoms with Gasteiger partial charge in [-0.2, -0.15) is 0 Å². The van der Waals surface area contributed by atoms with Gasteiger partial charge in [-0.25, -0.2) is 18.4 Å². The number of sulfonamides is 1. The number of piperidine rings is 1. The van der Waals surface area contributed by atoms with Gasteiger partial charge in [-0.05, 0) is 64.4 Å². The highest BCUT2D eigenvalue weighted by Crippen LogP contribution is 2.17. The standard InChI is InChI=1S/C22H35N5O6S/c1-22(2,3)33-21(30)25-12-11-24-20(29)16-5-4-13-27(15-16)14-10-19(28)26-17-6-8-18(9-7-17)34(23,31)32/h6-9,16H,4-5,10-15H2,1-3H3,(H,24,29)(H,25,30)(H,26,28)(H2,23,31,32). The van der Waals surface area contributed by atoms with E-state index in [9.17, 15) is 22.8 Å². The van der Waals surface area contributed by atoms with Crippen LogP contribution in [0.15, 0.2) is 29.2 Å². The summed E-state index contributed by atoms with van der Waals surface area (Å²) in [5.41, 5.74) is -0.0954. The lowest BCUT2D eigenvalue weighted by Gasteiger charge is -2.31. The lowest BCUT2D eigenvalue weighted by atomic mass is 9.97. The number of carbonyl (C=O) groups is 3. The van der Waals surface area contributed by atoms with Crippen LogP contribution >= 0.6 is 0 Å². The van der Waals surface area contributed by atoms with Gasteiger partial charge in [-0.3, -0.25) is 9.59 Å². The maximum Gasteiger partial charge on any atom is 0.407 e. The van der Waals surface area contributed by atoms with E-state index in [1.165, 1.54) is 24.3 Å². The van der Waals surface area contributed by atoms with Gasteiger partial charge in [-0.1, -0.05) is 0 Å². The molecule has 190 valence electrons. The zero-order valence-corrected chi connectivity index (χ0v) is 20.7. The molecule has 1 aliphatic heterocycles. The highest BCUT2D eigenvalue weighted by molar-refractivity contribution is 7.89. The zero-order chi connectivity index (χ0) is 25.4. The molecule has 0 aliphatic carbocycles. The average molecular weight is 498 g/mol. The molecule has 1 aromatic carbocycles. The number of ether oxygens (including phenoxy) is 1. The Kier molecular flexibility index (Phi) is 9.83. The molecule has 1 fully saturated rings. The van der Waals surface area contributed by atoms with Gasteiger partial charge in [0.15, 0.2) is 0 Å². The zero-order valence-electron chi connectivity index (χ0n) is 19.9. The second-order valence-corrected chi connectivity index (χ2v) is 10.8. The van der Waals surface area contributed by atoms with E-state index in [1.54, 1.807) is 20.8 Å². The smallest absolute Gasteiger partial charge is 0.407 e. The first-order valence-electron chi connectivity index (χ1n) is 11.2. The summed E-state index contributed by atoms with van der Waals surface area (Å²) in [6.45, 7) is 7.78. The summed E-state index contributed by atoms with van der Waals surface area (Å²) in [5.74, 6) is -0.456. The van der Waals surface area contributed by atoms with Gasteiger partial charge in [0.05, 0.1) is 10.8 Å². The molecule has 12 heteroatoms. The van der Waals surface area contributed by atoms with Crippen LogP contribution in [0, 0.1) is 5.92 Å². The molecule has 0 saturated carbocycles. The minimum atomic E-state index is -3.78. The van der Waals surface area contributed by atoms with E-state index in [1.807, 2.05) is 0 Å². The Balaban J connectivity index is 1.69. The van der Waals surface area contributed by atoms with Crippen LogP contribution in [0.1, 0.15) is 40.0 Å². The number of carbonyl (C=O) groups excluding carboxylic acids is 3. The van der Waals surface area contributed by atoms with Crippen LogP contribution in [-0.2, 0) is 24.3 Å². The molecule has 1 unspecified atom stereocenters. The normalized spacial score (nSPS) is 17.0. The number of nitrogens with one attached hydrogen (secondary N) is 3. The molecule has 2 rings (SSSR count). The molecule has 3 amide bonds. The fourth-order valence-corrected chi connectivity index (χ4v) is 4.01. The molecular formula is C22H35N5O6S. The highest BCUT2D eigenvalue weighted by atomic mass is 32.2. The quantitative estimate of drug-likeness (QED) is 0.370. The number of benzene rings is 1. The van der Waals surface area contributed by atoms with Gasteiger partial charge in [0.2, 0.25) is 21.8 Å². The maximum atomic E-state index is 12.5. The molecule has 1 saturated heterocycles. The van der Waals surface area contributed by atoms with Crippen molar-refractivity contribution in [2.45, 2.75) is 50.5 Å². The van der Waals surface area contributed by atoms with Gasteiger partial charge in [0, 0.05) is 38.3 Å². The van der Waals surface area contributed by atoms with Crippen LogP contribution in [0.25, 0.3) is 0 Å². The van der Waals surface area contributed by atoms with E-state index >= 15 is 0 Å². The first-order valence-corrected chi connectivity index (χ1v) is 12.8. The number of nitrogens with two attached hydrogens (primary N) is 1. The molecule has 1 heterocycles. The van der Waals surface area contributed by atoms with Crippen LogP contribution in [0.5, 0.6) is 0 Å². The van der Waals surface area contributed by atoms with Crippen molar-refractivity contribution in [3.63, 3.8) is 0 Å². The van der Waals surface area contributed by atoms with E-state index in [4.69, 9.17) is 9.88 Å². The van der Waals surface area contributed by atoms with Crippen molar-refractivity contribution in [1.29, 1.82) is 0 Å². The van der Waals surface area contributed by atoms with Crippen molar-refractivity contribution < 1.29 is 27.5 Å². The molecule has 1 aromatic rings. The van der Waals surface area contributed by atoms with Crippen molar-refractivity contribution in [1.82, 2.24) is 15.5 Å². The van der Waals surface area contributed by atoms with Gasteiger partial charge >= 0.3 is 6.09 Å². The van der Waals surface area contributed by atoms with E-state index in [0.29, 0.717) is 25.3 Å². The Hall–Kier alpha value is -2.70. The Morgan fingerprint density at radius 3 is 2.38 bits per heavy atom. The van der Waals surface area contributed by atoms with E-state index in [2.05, 4.69) is 20.9 Å². The molecule has 0 aromatic heterocycles. The molecule has 0 radical (unpaired) electrons. The number of rotatable bonds is 9. The summed E-state index contributed by atoms with van der Waals surface area (Å²) < 4.78 is 27.7. The number of amides is 3. The first-order chi connectivity index (χ1) is 15.8. The van der Waals surface area contributed by atoms with E-state index in [-0.39, 0.29) is 35.6 Å². The Morgan fingerprint density at radius 2 is 1.76 bits per heavy atom. The van der Waals surface area contributed by atoms with Crippen LogP contribution in [-0.4, -0.2) is 69.6 Å². The fourth-order valence-electron chi connectivity index (χ4n) is 3.49. The van der Waals surface area contributed by atoms with Gasteiger partial charge < -0.3 is 25.6 Å². The van der Waals surface area contributed by atoms with Crippen molar-refractivity contribution in [2.24, 2.45) is 11.1 Å². The Morgan fingerprint density at radius 1 is 1.12 bits per heavy atom. The molecule has 0 spiro atoms. The maximum absolute atomic E-state index is 12.5. The minimum absolute atomic E-state index is 0.0243. The van der Waals surface area contributed by atoms with Crippen molar-refractivity contribution >= 4 is 33.6 Å². The van der Waals surface area contributed by atoms with Crippen LogP contribution in [0.2, 0.25) is 0 Å². The summed E-state index contributed by atoms with van der Waals surface area (Å²) in [7, 11) is -3.78. The lowest BCUT2D eigenvalue weighted by molar-refractivity contribution is -0.126.